The molecule has 3 aliphatic rings. The first-order valence-electron chi connectivity index (χ1n) is 11.9. The van der Waals surface area contributed by atoms with Crippen LogP contribution in [0.15, 0.2) is 23.1 Å². The van der Waals surface area contributed by atoms with Crippen LogP contribution in [0.4, 0.5) is 0 Å². The smallest absolute Gasteiger partial charge is 0.274 e. The van der Waals surface area contributed by atoms with Gasteiger partial charge in [-0.3, -0.25) is 14.4 Å². The minimum Gasteiger partial charge on any atom is -0.383 e. The predicted octanol–water partition coefficient (Wildman–Crippen LogP) is 1.90. The summed E-state index contributed by atoms with van der Waals surface area (Å²) in [5.41, 5.74) is 2.96. The Bertz CT molecular complexity index is 1190. The third-order valence-corrected chi connectivity index (χ3v) is 8.89. The van der Waals surface area contributed by atoms with Gasteiger partial charge < -0.3 is 14.4 Å². The van der Waals surface area contributed by atoms with Crippen LogP contribution in [0, 0.1) is 6.92 Å². The molecule has 0 saturated carbocycles. The highest BCUT2D eigenvalue weighted by Gasteiger charge is 2.39. The molecule has 1 aromatic heterocycles. The lowest BCUT2D eigenvalue weighted by molar-refractivity contribution is 0.0297. The number of carbonyl (C=O) groups is 1. The second-order valence-corrected chi connectivity index (χ2v) is 11.3. The van der Waals surface area contributed by atoms with Crippen molar-refractivity contribution in [1.29, 1.82) is 0 Å². The third-order valence-electron chi connectivity index (χ3n) is 7.06. The van der Waals surface area contributed by atoms with Gasteiger partial charge in [0.05, 0.1) is 42.2 Å². The van der Waals surface area contributed by atoms with Crippen molar-refractivity contribution >= 4 is 15.7 Å². The van der Waals surface area contributed by atoms with Crippen molar-refractivity contribution in [1.82, 2.24) is 19.6 Å². The van der Waals surface area contributed by atoms with Crippen LogP contribution < -0.4 is 0 Å². The zero-order valence-electron chi connectivity index (χ0n) is 19.8. The zero-order valence-corrected chi connectivity index (χ0v) is 20.6. The monoisotopic (exact) mass is 488 g/mol. The molecule has 1 unspecified atom stereocenters. The number of morpholine rings is 1. The number of fused-ring (bicyclic) bond motifs is 3. The molecule has 34 heavy (non-hydrogen) atoms. The van der Waals surface area contributed by atoms with E-state index in [0.717, 1.165) is 43.7 Å². The Kier molecular flexibility index (Phi) is 6.49. The van der Waals surface area contributed by atoms with Gasteiger partial charge in [-0.25, -0.2) is 8.42 Å². The zero-order chi connectivity index (χ0) is 23.9. The van der Waals surface area contributed by atoms with Gasteiger partial charge in [0.1, 0.15) is 0 Å². The van der Waals surface area contributed by atoms with Crippen molar-refractivity contribution in [3.63, 3.8) is 0 Å². The Morgan fingerprint density at radius 3 is 2.79 bits per heavy atom. The summed E-state index contributed by atoms with van der Waals surface area (Å²) in [6, 6.07) is 5.62. The summed E-state index contributed by atoms with van der Waals surface area (Å²) >= 11 is 0. The highest BCUT2D eigenvalue weighted by molar-refractivity contribution is 7.91. The van der Waals surface area contributed by atoms with E-state index in [1.165, 1.54) is 0 Å². The van der Waals surface area contributed by atoms with E-state index >= 15 is 0 Å². The maximum Gasteiger partial charge on any atom is 0.274 e. The van der Waals surface area contributed by atoms with E-state index < -0.39 is 9.84 Å². The highest BCUT2D eigenvalue weighted by Crippen LogP contribution is 2.43. The molecule has 0 spiro atoms. The van der Waals surface area contributed by atoms with Gasteiger partial charge in [0.15, 0.2) is 15.5 Å². The van der Waals surface area contributed by atoms with Gasteiger partial charge in [-0.2, -0.15) is 5.10 Å². The van der Waals surface area contributed by atoms with Crippen molar-refractivity contribution in [3.05, 3.63) is 35.0 Å². The number of hydrogen-bond donors (Lipinski definition) is 0. The number of sulfone groups is 1. The predicted molar refractivity (Wildman–Crippen MR) is 127 cm³/mol. The van der Waals surface area contributed by atoms with Crippen molar-refractivity contribution in [2.75, 3.05) is 59.7 Å². The summed E-state index contributed by atoms with van der Waals surface area (Å²) in [4.78, 5) is 18.0. The molecular weight excluding hydrogens is 456 g/mol. The average molecular weight is 489 g/mol. The molecule has 9 nitrogen and oxygen atoms in total. The van der Waals surface area contributed by atoms with Crippen LogP contribution in [-0.2, 0) is 25.1 Å². The molecule has 1 amide bonds. The number of benzene rings is 1. The summed E-state index contributed by atoms with van der Waals surface area (Å²) in [6.45, 7) is 7.02. The fraction of sp³-hybridized carbons (Fsp3) is 0.583. The summed E-state index contributed by atoms with van der Waals surface area (Å²) in [5.74, 6) is -0.414. The van der Waals surface area contributed by atoms with Crippen LogP contribution in [0.3, 0.4) is 0 Å². The van der Waals surface area contributed by atoms with E-state index in [4.69, 9.17) is 14.6 Å². The highest BCUT2D eigenvalue weighted by atomic mass is 32.2. The summed E-state index contributed by atoms with van der Waals surface area (Å²) in [7, 11) is -1.89. The second-order valence-electron chi connectivity index (χ2n) is 9.33. The minimum atomic E-state index is -3.59. The number of piperidine rings is 1. The molecule has 10 heteroatoms. The van der Waals surface area contributed by atoms with Crippen LogP contribution in [0.25, 0.3) is 11.3 Å². The fourth-order valence-corrected chi connectivity index (χ4v) is 7.27. The molecule has 0 N–H and O–H groups in total. The number of aromatic nitrogens is 2. The third kappa shape index (κ3) is 4.17. The lowest BCUT2D eigenvalue weighted by Crippen LogP contribution is -2.41. The van der Waals surface area contributed by atoms with Gasteiger partial charge in [0.25, 0.3) is 5.91 Å². The number of rotatable bonds is 5. The van der Waals surface area contributed by atoms with Crippen molar-refractivity contribution in [3.8, 4) is 11.3 Å². The van der Waals surface area contributed by atoms with Crippen LogP contribution in [0.5, 0.6) is 0 Å². The number of nitrogens with zero attached hydrogens (tertiary/aromatic N) is 4. The van der Waals surface area contributed by atoms with E-state index in [2.05, 4.69) is 4.90 Å². The van der Waals surface area contributed by atoms with Gasteiger partial charge in [-0.05, 0) is 31.9 Å². The lowest BCUT2D eigenvalue weighted by atomic mass is 10.0. The molecule has 3 aliphatic heterocycles. The number of amides is 1. The molecule has 184 valence electrons. The summed E-state index contributed by atoms with van der Waals surface area (Å²) in [6.07, 6.45) is 1.94. The number of methoxy groups -OCH3 is 1. The van der Waals surface area contributed by atoms with E-state index in [-0.39, 0.29) is 23.4 Å². The van der Waals surface area contributed by atoms with Crippen LogP contribution in [0.2, 0.25) is 0 Å². The quantitative estimate of drug-likeness (QED) is 0.635. The first-order chi connectivity index (χ1) is 16.4. The first-order valence-corrected chi connectivity index (χ1v) is 13.6. The van der Waals surface area contributed by atoms with Crippen LogP contribution >= 0.6 is 0 Å². The minimum absolute atomic E-state index is 0.0553. The van der Waals surface area contributed by atoms with Gasteiger partial charge in [0.2, 0.25) is 0 Å². The number of carbonyl (C=O) groups excluding carboxylic acids is 1. The Morgan fingerprint density at radius 2 is 2.03 bits per heavy atom. The molecule has 0 bridgehead atoms. The lowest BCUT2D eigenvalue weighted by Gasteiger charge is -2.34. The normalized spacial score (nSPS) is 22.3. The fourth-order valence-electron chi connectivity index (χ4n) is 5.41. The van der Waals surface area contributed by atoms with Crippen molar-refractivity contribution in [2.45, 2.75) is 36.5 Å². The Balaban J connectivity index is 1.63. The van der Waals surface area contributed by atoms with Gasteiger partial charge >= 0.3 is 0 Å². The number of likely N-dealkylation sites (tertiary alicyclic amines) is 1. The molecular formula is C24H32N4O5S. The maximum absolute atomic E-state index is 13.5. The summed E-state index contributed by atoms with van der Waals surface area (Å²) in [5, 5.41) is 4.86. The van der Waals surface area contributed by atoms with E-state index in [1.807, 2.05) is 29.8 Å². The topological polar surface area (TPSA) is 94.0 Å². The molecule has 2 saturated heterocycles. The molecule has 1 atom stereocenters. The molecule has 1 aromatic carbocycles. The van der Waals surface area contributed by atoms with E-state index in [1.54, 1.807) is 12.0 Å². The van der Waals surface area contributed by atoms with Crippen LogP contribution in [-0.4, -0.2) is 93.6 Å². The molecule has 2 aromatic rings. The van der Waals surface area contributed by atoms with Gasteiger partial charge in [-0.15, -0.1) is 0 Å². The average Bonchev–Trinajstić information content (AvgIpc) is 3.21. The standard InChI is InChI=1S/C24H32N4O5S/c1-17-5-3-7-19-22-20(16-34(30,31)23(17)19)21(24(29)27-10-13-33-14-11-27)25-28(22)18-6-4-8-26(15-18)9-12-32-2/h3,5,7,18H,4,6,8-16H2,1-2H3. The summed E-state index contributed by atoms with van der Waals surface area (Å²) < 4.78 is 39.3. The first kappa shape index (κ1) is 23.5. The molecule has 0 aliphatic carbocycles. The number of hydrogen-bond acceptors (Lipinski definition) is 7. The second kappa shape index (κ2) is 9.41. The van der Waals surface area contributed by atoms with Crippen molar-refractivity contribution < 1.29 is 22.7 Å². The van der Waals surface area contributed by atoms with E-state index in [9.17, 15) is 13.2 Å². The number of aryl methyl sites for hydroxylation is 1. The SMILES string of the molecule is COCCN1CCCC(n2nc(C(=O)N3CCOCC3)c3c2-c2cccc(C)c2S(=O)(=O)C3)C1. The molecule has 5 rings (SSSR count). The van der Waals surface area contributed by atoms with Crippen molar-refractivity contribution in [2.24, 2.45) is 0 Å². The largest absolute Gasteiger partial charge is 0.383 e. The Hall–Kier alpha value is -2.27. The van der Waals surface area contributed by atoms with Gasteiger partial charge in [0, 0.05) is 44.4 Å². The van der Waals surface area contributed by atoms with Crippen LogP contribution in [0.1, 0.15) is 40.5 Å². The Labute approximate surface area is 200 Å². The Morgan fingerprint density at radius 1 is 1.24 bits per heavy atom. The van der Waals surface area contributed by atoms with E-state index in [0.29, 0.717) is 48.9 Å². The maximum atomic E-state index is 13.5. The molecule has 0 radical (unpaired) electrons. The molecule has 2 fully saturated rings. The number of ether oxygens (including phenoxy) is 2. The molecule has 4 heterocycles. The van der Waals surface area contributed by atoms with Gasteiger partial charge in [-0.1, -0.05) is 18.2 Å².